The lowest BCUT2D eigenvalue weighted by Gasteiger charge is -2.30. The molecule has 8 aromatic rings. The Bertz CT molecular complexity index is 2730. The molecule has 3 nitrogen and oxygen atoms in total. The summed E-state index contributed by atoms with van der Waals surface area (Å²) in [5, 5.41) is 2.84. The molecule has 0 saturated heterocycles. The van der Waals surface area contributed by atoms with Gasteiger partial charge in [0, 0.05) is 34.5 Å². The van der Waals surface area contributed by atoms with E-state index in [1.807, 2.05) is 30.6 Å². The third kappa shape index (κ3) is 4.99. The van der Waals surface area contributed by atoms with Crippen molar-refractivity contribution >= 4 is 16.8 Å². The number of benzene rings is 6. The number of hydrogen-bond acceptors (Lipinski definition) is 3. The predicted octanol–water partition coefficient (Wildman–Crippen LogP) is 12.3. The van der Waals surface area contributed by atoms with Crippen molar-refractivity contribution in [2.45, 2.75) is 24.7 Å². The zero-order valence-electron chi connectivity index (χ0n) is 29.2. The summed E-state index contributed by atoms with van der Waals surface area (Å²) in [6.45, 7) is 0. The standard InChI is InChI=1S/C50H35N3/c1-3-8-32(9-4-1)33-13-15-35(16-14-33)45-30-46(53-49(52-45)37-10-5-2-6-11-37)41-27-39(34-21-24-51-25-22-34)26-40(28-41)43-19-18-38-29-42-31-50(42)23-7-12-36-17-20-44(43)47(38)48(36)50/h1-22,24-28,30,42H,23,29,31H2. The van der Waals surface area contributed by atoms with Gasteiger partial charge in [-0.1, -0.05) is 121 Å². The predicted molar refractivity (Wildman–Crippen MR) is 217 cm³/mol. The van der Waals surface area contributed by atoms with Gasteiger partial charge in [0.05, 0.1) is 11.4 Å². The van der Waals surface area contributed by atoms with Gasteiger partial charge in [-0.25, -0.2) is 9.97 Å². The molecule has 2 aromatic heterocycles. The summed E-state index contributed by atoms with van der Waals surface area (Å²) >= 11 is 0. The van der Waals surface area contributed by atoms with Gasteiger partial charge in [0.2, 0.25) is 0 Å². The molecule has 3 aliphatic carbocycles. The maximum Gasteiger partial charge on any atom is 0.160 e. The number of pyridine rings is 1. The monoisotopic (exact) mass is 677 g/mol. The first-order valence-electron chi connectivity index (χ1n) is 18.6. The molecular formula is C50H35N3. The summed E-state index contributed by atoms with van der Waals surface area (Å²) in [6.07, 6.45) is 12.2. The summed E-state index contributed by atoms with van der Waals surface area (Å²) < 4.78 is 0. The molecule has 2 heterocycles. The van der Waals surface area contributed by atoms with Crippen LogP contribution in [0, 0.1) is 5.92 Å². The van der Waals surface area contributed by atoms with Crippen molar-refractivity contribution < 1.29 is 0 Å². The third-order valence-electron chi connectivity index (χ3n) is 11.9. The Morgan fingerprint density at radius 3 is 1.98 bits per heavy atom. The number of hydrogen-bond donors (Lipinski definition) is 0. The van der Waals surface area contributed by atoms with Crippen LogP contribution in [0.15, 0.2) is 164 Å². The maximum atomic E-state index is 5.27. The van der Waals surface area contributed by atoms with Gasteiger partial charge in [0.1, 0.15) is 0 Å². The van der Waals surface area contributed by atoms with Crippen LogP contribution in [0.5, 0.6) is 0 Å². The van der Waals surface area contributed by atoms with Gasteiger partial charge in [-0.2, -0.15) is 0 Å². The van der Waals surface area contributed by atoms with Gasteiger partial charge in [0.15, 0.2) is 5.82 Å². The molecule has 3 heteroatoms. The highest BCUT2D eigenvalue weighted by atomic mass is 14.9. The number of allylic oxidation sites excluding steroid dienone is 1. The molecule has 3 aliphatic rings. The first kappa shape index (κ1) is 30.2. The van der Waals surface area contributed by atoms with Gasteiger partial charge in [-0.05, 0) is 122 Å². The van der Waals surface area contributed by atoms with Crippen LogP contribution in [-0.2, 0) is 11.8 Å². The van der Waals surface area contributed by atoms with Crippen molar-refractivity contribution in [3.8, 4) is 67.3 Å². The van der Waals surface area contributed by atoms with Crippen LogP contribution < -0.4 is 0 Å². The van der Waals surface area contributed by atoms with Crippen molar-refractivity contribution in [2.75, 3.05) is 0 Å². The molecule has 0 bridgehead atoms. The lowest BCUT2D eigenvalue weighted by molar-refractivity contribution is 0.595. The van der Waals surface area contributed by atoms with Gasteiger partial charge in [0.25, 0.3) is 0 Å². The fraction of sp³-hybridized carbons (Fsp3) is 0.100. The quantitative estimate of drug-likeness (QED) is 0.176. The molecule has 0 aliphatic heterocycles. The molecule has 1 fully saturated rings. The molecule has 0 N–H and O–H groups in total. The van der Waals surface area contributed by atoms with Gasteiger partial charge < -0.3 is 0 Å². The Kier molecular flexibility index (Phi) is 6.72. The molecule has 6 aromatic carbocycles. The largest absolute Gasteiger partial charge is 0.265 e. The summed E-state index contributed by atoms with van der Waals surface area (Å²) in [6, 6.07) is 52.3. The van der Waals surface area contributed by atoms with Gasteiger partial charge in [-0.3, -0.25) is 4.98 Å². The van der Waals surface area contributed by atoms with E-state index >= 15 is 0 Å². The van der Waals surface area contributed by atoms with Crippen LogP contribution in [0.3, 0.4) is 0 Å². The van der Waals surface area contributed by atoms with Crippen LogP contribution in [-0.4, -0.2) is 15.0 Å². The average molecular weight is 678 g/mol. The van der Waals surface area contributed by atoms with E-state index in [9.17, 15) is 0 Å². The zero-order valence-corrected chi connectivity index (χ0v) is 29.2. The Morgan fingerprint density at radius 2 is 1.19 bits per heavy atom. The van der Waals surface area contributed by atoms with Crippen molar-refractivity contribution in [2.24, 2.45) is 5.92 Å². The Labute approximate surface area is 309 Å². The smallest absolute Gasteiger partial charge is 0.160 e. The van der Waals surface area contributed by atoms with E-state index in [-0.39, 0.29) is 0 Å². The van der Waals surface area contributed by atoms with E-state index in [1.165, 1.54) is 63.4 Å². The van der Waals surface area contributed by atoms with Crippen LogP contribution >= 0.6 is 0 Å². The second-order valence-electron chi connectivity index (χ2n) is 14.9. The van der Waals surface area contributed by atoms with Crippen molar-refractivity contribution in [3.63, 3.8) is 0 Å². The van der Waals surface area contributed by atoms with Crippen molar-refractivity contribution in [3.05, 3.63) is 181 Å². The molecule has 11 rings (SSSR count). The first-order valence-corrected chi connectivity index (χ1v) is 18.6. The molecule has 2 unspecified atom stereocenters. The highest BCUT2D eigenvalue weighted by Crippen LogP contribution is 2.65. The topological polar surface area (TPSA) is 38.7 Å². The summed E-state index contributed by atoms with van der Waals surface area (Å²) in [4.78, 5) is 14.8. The summed E-state index contributed by atoms with van der Waals surface area (Å²) in [5.41, 5.74) is 16.8. The minimum atomic E-state index is 0.337. The Morgan fingerprint density at radius 1 is 0.528 bits per heavy atom. The molecule has 2 atom stereocenters. The number of rotatable bonds is 6. The third-order valence-corrected chi connectivity index (χ3v) is 11.9. The summed E-state index contributed by atoms with van der Waals surface area (Å²) in [5.74, 6) is 1.49. The second kappa shape index (κ2) is 11.8. The van der Waals surface area contributed by atoms with Crippen LogP contribution in [0.2, 0.25) is 0 Å². The lowest BCUT2D eigenvalue weighted by Crippen LogP contribution is -2.20. The molecule has 0 amide bonds. The lowest BCUT2D eigenvalue weighted by atomic mass is 9.73. The van der Waals surface area contributed by atoms with Crippen LogP contribution in [0.4, 0.5) is 0 Å². The zero-order chi connectivity index (χ0) is 34.9. The highest BCUT2D eigenvalue weighted by Gasteiger charge is 2.58. The van der Waals surface area contributed by atoms with E-state index in [0.717, 1.165) is 45.1 Å². The molecule has 0 radical (unpaired) electrons. The first-order chi connectivity index (χ1) is 26.2. The fourth-order valence-electron chi connectivity index (χ4n) is 9.16. The fourth-order valence-corrected chi connectivity index (χ4v) is 9.16. The van der Waals surface area contributed by atoms with Crippen molar-refractivity contribution in [1.82, 2.24) is 15.0 Å². The molecule has 250 valence electrons. The Balaban J connectivity index is 1.11. The normalized spacial score (nSPS) is 17.8. The average Bonchev–Trinajstić information content (AvgIpc) is 3.95. The molecule has 1 saturated carbocycles. The minimum absolute atomic E-state index is 0.337. The van der Waals surface area contributed by atoms with Crippen LogP contribution in [0.25, 0.3) is 84.1 Å². The number of nitrogens with zero attached hydrogens (tertiary/aromatic N) is 3. The van der Waals surface area contributed by atoms with Gasteiger partial charge >= 0.3 is 0 Å². The number of aromatic nitrogens is 3. The van der Waals surface area contributed by atoms with E-state index in [0.29, 0.717) is 11.2 Å². The van der Waals surface area contributed by atoms with Gasteiger partial charge in [-0.15, -0.1) is 0 Å². The molecular weight excluding hydrogens is 643 g/mol. The van der Waals surface area contributed by atoms with Crippen LogP contribution in [0.1, 0.15) is 29.5 Å². The van der Waals surface area contributed by atoms with E-state index in [2.05, 4.69) is 145 Å². The van der Waals surface area contributed by atoms with Crippen molar-refractivity contribution in [1.29, 1.82) is 0 Å². The van der Waals surface area contributed by atoms with E-state index in [1.54, 1.807) is 5.56 Å². The minimum Gasteiger partial charge on any atom is -0.265 e. The molecule has 1 spiro atoms. The molecule has 53 heavy (non-hydrogen) atoms. The summed E-state index contributed by atoms with van der Waals surface area (Å²) in [7, 11) is 0. The maximum absolute atomic E-state index is 5.27. The van der Waals surface area contributed by atoms with E-state index < -0.39 is 0 Å². The highest BCUT2D eigenvalue weighted by molar-refractivity contribution is 6.04. The van der Waals surface area contributed by atoms with E-state index in [4.69, 9.17) is 9.97 Å². The SMILES string of the molecule is C1=Cc2ccc3c(-c4cc(-c5ccncc5)cc(-c5cc(-c6ccc(-c7ccccc7)cc6)nc(-c6ccccc6)n5)c4)ccc4c3c2C2(C1)CC2C4. The second-order valence-corrected chi connectivity index (χ2v) is 14.9. The Hall–Kier alpha value is -6.45.